The molecule has 0 aliphatic heterocycles. The number of nitrogens with zero attached hydrogens (tertiary/aromatic N) is 1. The third kappa shape index (κ3) is 5.62. The molecule has 0 aliphatic rings. The largest absolute Gasteiger partial charge is 0.493 e. The highest BCUT2D eigenvalue weighted by Gasteiger charge is 2.20. The average Bonchev–Trinajstić information content (AvgIpc) is 2.82. The van der Waals surface area contributed by atoms with Crippen molar-refractivity contribution in [2.24, 2.45) is 0 Å². The van der Waals surface area contributed by atoms with Gasteiger partial charge in [-0.05, 0) is 67.3 Å². The minimum Gasteiger partial charge on any atom is -0.493 e. The maximum Gasteiger partial charge on any atom is 0.247 e. The summed E-state index contributed by atoms with van der Waals surface area (Å²) >= 11 is 0. The number of unbranched alkanes of at least 4 members (excludes halogenated alkanes) is 1. The standard InChI is InChI=1S/C28H27F3N2O2/c1-6-8-9-21(24-12-19(29)13-25(31)28(24)35-5)23-10-18(15-32-17(23)4)22-11-20(30)14-26(16(22)3)33-27(34)7-2/h7,9-15H,2,6,8H2,1,3-5H3,(H,33,34)/b21-9+. The Kier molecular flexibility index (Phi) is 8.12. The van der Waals surface area contributed by atoms with E-state index in [0.717, 1.165) is 18.6 Å². The molecule has 0 fully saturated rings. The quantitative estimate of drug-likeness (QED) is 0.349. The maximum absolute atomic E-state index is 14.5. The molecule has 2 aromatic carbocycles. The van der Waals surface area contributed by atoms with Gasteiger partial charge in [0, 0.05) is 40.3 Å². The average molecular weight is 481 g/mol. The molecule has 35 heavy (non-hydrogen) atoms. The molecular weight excluding hydrogens is 453 g/mol. The maximum atomic E-state index is 14.5. The second kappa shape index (κ2) is 11.0. The van der Waals surface area contributed by atoms with E-state index in [2.05, 4.69) is 16.9 Å². The fourth-order valence-electron chi connectivity index (χ4n) is 3.87. The normalized spacial score (nSPS) is 11.3. The summed E-state index contributed by atoms with van der Waals surface area (Å²) in [6, 6.07) is 6.39. The summed E-state index contributed by atoms with van der Waals surface area (Å²) in [6.07, 6.45) is 6.05. The van der Waals surface area contributed by atoms with E-state index >= 15 is 0 Å². The number of hydrogen-bond donors (Lipinski definition) is 1. The molecule has 0 radical (unpaired) electrons. The fraction of sp³-hybridized carbons (Fsp3) is 0.214. The molecule has 182 valence electrons. The Morgan fingerprint density at radius 3 is 2.46 bits per heavy atom. The Morgan fingerprint density at radius 1 is 1.09 bits per heavy atom. The molecule has 3 rings (SSSR count). The van der Waals surface area contributed by atoms with Crippen LogP contribution in [0.2, 0.25) is 0 Å². The SMILES string of the molecule is C=CC(=O)Nc1cc(F)cc(-c2cnc(C)c(/C(=C\CCC)c3cc(F)cc(F)c3OC)c2)c1C. The number of hydrogen-bond acceptors (Lipinski definition) is 3. The Morgan fingerprint density at radius 2 is 1.80 bits per heavy atom. The van der Waals surface area contributed by atoms with Crippen LogP contribution in [0.15, 0.2) is 55.3 Å². The topological polar surface area (TPSA) is 51.2 Å². The van der Waals surface area contributed by atoms with Gasteiger partial charge in [-0.1, -0.05) is 26.0 Å². The molecule has 0 bridgehead atoms. The van der Waals surface area contributed by atoms with Crippen LogP contribution in [-0.4, -0.2) is 18.0 Å². The number of allylic oxidation sites excluding steroid dienone is 1. The van der Waals surface area contributed by atoms with Crippen LogP contribution < -0.4 is 10.1 Å². The van der Waals surface area contributed by atoms with Gasteiger partial charge in [0.1, 0.15) is 11.6 Å². The lowest BCUT2D eigenvalue weighted by Crippen LogP contribution is -2.09. The molecule has 7 heteroatoms. The van der Waals surface area contributed by atoms with Crippen LogP contribution in [0.4, 0.5) is 18.9 Å². The fourth-order valence-corrected chi connectivity index (χ4v) is 3.87. The van der Waals surface area contributed by atoms with E-state index in [9.17, 15) is 18.0 Å². The molecule has 0 aliphatic carbocycles. The predicted octanol–water partition coefficient (Wildman–Crippen LogP) is 7.15. The van der Waals surface area contributed by atoms with Gasteiger partial charge in [0.15, 0.2) is 11.6 Å². The zero-order valence-corrected chi connectivity index (χ0v) is 20.1. The summed E-state index contributed by atoms with van der Waals surface area (Å²) < 4.78 is 48.5. The zero-order chi connectivity index (χ0) is 25.7. The lowest BCUT2D eigenvalue weighted by Gasteiger charge is -2.18. The molecule has 1 amide bonds. The van der Waals surface area contributed by atoms with Crippen LogP contribution in [0.25, 0.3) is 16.7 Å². The molecule has 1 heterocycles. The Hall–Kier alpha value is -3.87. The molecule has 0 atom stereocenters. The zero-order valence-electron chi connectivity index (χ0n) is 20.1. The number of aryl methyl sites for hydroxylation is 1. The van der Waals surface area contributed by atoms with Crippen molar-refractivity contribution < 1.29 is 22.7 Å². The van der Waals surface area contributed by atoms with Crippen molar-refractivity contribution in [3.8, 4) is 16.9 Å². The molecule has 4 nitrogen and oxygen atoms in total. The van der Waals surface area contributed by atoms with Gasteiger partial charge >= 0.3 is 0 Å². The van der Waals surface area contributed by atoms with Gasteiger partial charge in [-0.2, -0.15) is 0 Å². The summed E-state index contributed by atoms with van der Waals surface area (Å²) in [5, 5.41) is 2.61. The van der Waals surface area contributed by atoms with Crippen molar-refractivity contribution in [2.45, 2.75) is 33.6 Å². The first kappa shape index (κ1) is 25.7. The molecule has 1 aromatic heterocycles. The third-order valence-electron chi connectivity index (χ3n) is 5.64. The Balaban J connectivity index is 2.24. The van der Waals surface area contributed by atoms with Crippen molar-refractivity contribution in [2.75, 3.05) is 12.4 Å². The molecule has 0 saturated carbocycles. The number of ether oxygens (including phenoxy) is 1. The van der Waals surface area contributed by atoms with Gasteiger partial charge in [-0.3, -0.25) is 9.78 Å². The molecule has 0 spiro atoms. The van der Waals surface area contributed by atoms with E-state index < -0.39 is 23.4 Å². The predicted molar refractivity (Wildman–Crippen MR) is 133 cm³/mol. The lowest BCUT2D eigenvalue weighted by atomic mass is 9.91. The minimum atomic E-state index is -0.810. The number of benzene rings is 2. The van der Waals surface area contributed by atoms with Gasteiger partial charge < -0.3 is 10.1 Å². The minimum absolute atomic E-state index is 0.0742. The molecule has 3 aromatic rings. The first-order chi connectivity index (χ1) is 16.7. The van der Waals surface area contributed by atoms with Crippen molar-refractivity contribution in [1.82, 2.24) is 4.98 Å². The van der Waals surface area contributed by atoms with Crippen molar-refractivity contribution in [3.63, 3.8) is 0 Å². The highest BCUT2D eigenvalue weighted by Crippen LogP contribution is 2.38. The number of aromatic nitrogens is 1. The second-order valence-corrected chi connectivity index (χ2v) is 8.05. The van der Waals surface area contributed by atoms with Crippen LogP contribution in [0.5, 0.6) is 5.75 Å². The molecule has 1 N–H and O–H groups in total. The van der Waals surface area contributed by atoms with E-state index in [0.29, 0.717) is 45.6 Å². The summed E-state index contributed by atoms with van der Waals surface area (Å²) in [4.78, 5) is 16.3. The van der Waals surface area contributed by atoms with E-state index in [1.807, 2.05) is 13.0 Å². The first-order valence-electron chi connectivity index (χ1n) is 11.1. The number of anilines is 1. The lowest BCUT2D eigenvalue weighted by molar-refractivity contribution is -0.111. The van der Waals surface area contributed by atoms with E-state index in [4.69, 9.17) is 4.74 Å². The summed E-state index contributed by atoms with van der Waals surface area (Å²) in [7, 11) is 1.33. The van der Waals surface area contributed by atoms with Gasteiger partial charge in [-0.15, -0.1) is 0 Å². The molecule has 0 unspecified atom stereocenters. The monoisotopic (exact) mass is 480 g/mol. The van der Waals surface area contributed by atoms with E-state index in [1.165, 1.54) is 25.3 Å². The van der Waals surface area contributed by atoms with Gasteiger partial charge in [0.25, 0.3) is 0 Å². The van der Waals surface area contributed by atoms with Crippen LogP contribution in [0.1, 0.15) is 42.1 Å². The first-order valence-corrected chi connectivity index (χ1v) is 11.1. The van der Waals surface area contributed by atoms with Crippen LogP contribution >= 0.6 is 0 Å². The van der Waals surface area contributed by atoms with Crippen LogP contribution in [0, 0.1) is 31.3 Å². The summed E-state index contributed by atoms with van der Waals surface area (Å²) in [6.45, 7) is 8.96. The summed E-state index contributed by atoms with van der Waals surface area (Å²) in [5.74, 6) is -2.61. The van der Waals surface area contributed by atoms with E-state index in [1.54, 1.807) is 26.1 Å². The van der Waals surface area contributed by atoms with E-state index in [-0.39, 0.29) is 11.3 Å². The highest BCUT2D eigenvalue weighted by molar-refractivity contribution is 6.00. The smallest absolute Gasteiger partial charge is 0.247 e. The highest BCUT2D eigenvalue weighted by atomic mass is 19.1. The van der Waals surface area contributed by atoms with Crippen molar-refractivity contribution in [3.05, 3.63) is 95.1 Å². The number of pyridine rings is 1. The number of halogens is 3. The summed E-state index contributed by atoms with van der Waals surface area (Å²) in [5.41, 5.74) is 4.10. The van der Waals surface area contributed by atoms with Gasteiger partial charge in [-0.25, -0.2) is 13.2 Å². The van der Waals surface area contributed by atoms with Crippen molar-refractivity contribution in [1.29, 1.82) is 0 Å². The number of amides is 1. The van der Waals surface area contributed by atoms with Crippen LogP contribution in [0.3, 0.4) is 0 Å². The third-order valence-corrected chi connectivity index (χ3v) is 5.64. The van der Waals surface area contributed by atoms with Crippen molar-refractivity contribution >= 4 is 17.2 Å². The number of nitrogens with one attached hydrogen (secondary N) is 1. The van der Waals surface area contributed by atoms with Gasteiger partial charge in [0.05, 0.1) is 7.11 Å². The number of carbonyl (C=O) groups is 1. The number of methoxy groups -OCH3 is 1. The second-order valence-electron chi connectivity index (χ2n) is 8.05. The molecule has 0 saturated heterocycles. The Bertz CT molecular complexity index is 1320. The van der Waals surface area contributed by atoms with Gasteiger partial charge in [0.2, 0.25) is 5.91 Å². The van der Waals surface area contributed by atoms with Crippen LogP contribution in [-0.2, 0) is 4.79 Å². The number of rotatable bonds is 8. The Labute approximate surface area is 203 Å². The number of carbonyl (C=O) groups excluding carboxylic acids is 1. The molecular formula is C28H27F3N2O2.